The largest absolute Gasteiger partial charge is 0.511 e. The Morgan fingerprint density at radius 2 is 1.83 bits per heavy atom. The summed E-state index contributed by atoms with van der Waals surface area (Å²) in [5.74, 6) is -1.28. The number of aliphatic hydroxyl groups is 4. The molecule has 200 valence electrons. The summed E-state index contributed by atoms with van der Waals surface area (Å²) in [5, 5.41) is 44.4. The number of rotatable bonds is 8. The van der Waals surface area contributed by atoms with Crippen molar-refractivity contribution in [3.63, 3.8) is 0 Å². The molecule has 2 aliphatic carbocycles. The molecule has 5 N–H and O–H groups in total. The highest BCUT2D eigenvalue weighted by atomic mass is 16.3. The Balaban J connectivity index is 1.93. The number of hydrogen-bond acceptors (Lipinski definition) is 6. The Morgan fingerprint density at radius 1 is 1.17 bits per heavy atom. The van der Waals surface area contributed by atoms with Crippen molar-refractivity contribution in [3.8, 4) is 0 Å². The minimum Gasteiger partial charge on any atom is -0.511 e. The molecule has 10 unspecified atom stereocenters. The van der Waals surface area contributed by atoms with Gasteiger partial charge in [-0.3, -0.25) is 9.59 Å². The topological polar surface area (TPSA) is 127 Å². The van der Waals surface area contributed by atoms with Crippen LogP contribution in [0.2, 0.25) is 0 Å². The molecule has 0 radical (unpaired) electrons. The monoisotopic (exact) mass is 501 g/mol. The lowest BCUT2D eigenvalue weighted by Crippen LogP contribution is -2.49. The van der Waals surface area contributed by atoms with Gasteiger partial charge in [0.1, 0.15) is 11.3 Å². The van der Waals surface area contributed by atoms with Crippen LogP contribution in [0.5, 0.6) is 0 Å². The van der Waals surface area contributed by atoms with Crippen LogP contribution in [0.15, 0.2) is 47.8 Å². The van der Waals surface area contributed by atoms with E-state index in [0.717, 1.165) is 12.8 Å². The SMILES string of the molecule is CCC(O)C(C)/C=C/C=C/C(O)CC1C=CC2CC(C)CC(C)C2C1(C)C(O)=C1C(=O)NC(O)C1=O. The summed E-state index contributed by atoms with van der Waals surface area (Å²) in [6.45, 7) is 10.1. The van der Waals surface area contributed by atoms with Crippen LogP contribution in [0, 0.1) is 40.9 Å². The summed E-state index contributed by atoms with van der Waals surface area (Å²) in [6.07, 6.45) is 11.3. The van der Waals surface area contributed by atoms with Crippen molar-refractivity contribution in [1.29, 1.82) is 0 Å². The molecule has 3 aliphatic rings. The average molecular weight is 502 g/mol. The molecule has 3 rings (SSSR count). The third-order valence-electron chi connectivity index (χ3n) is 8.69. The summed E-state index contributed by atoms with van der Waals surface area (Å²) in [6, 6.07) is 0. The fourth-order valence-electron chi connectivity index (χ4n) is 6.80. The van der Waals surface area contributed by atoms with Crippen LogP contribution < -0.4 is 5.32 Å². The lowest BCUT2D eigenvalue weighted by Gasteiger charge is -2.54. The second-order valence-electron chi connectivity index (χ2n) is 11.4. The zero-order valence-electron chi connectivity index (χ0n) is 22.1. The van der Waals surface area contributed by atoms with Gasteiger partial charge in [0.2, 0.25) is 5.78 Å². The number of carbonyl (C=O) groups excluding carboxylic acids is 2. The van der Waals surface area contributed by atoms with Crippen molar-refractivity contribution >= 4 is 11.7 Å². The molecule has 36 heavy (non-hydrogen) atoms. The van der Waals surface area contributed by atoms with E-state index in [0.29, 0.717) is 18.8 Å². The summed E-state index contributed by atoms with van der Waals surface area (Å²) in [5.41, 5.74) is -1.33. The minimum absolute atomic E-state index is 0.00231. The highest BCUT2D eigenvalue weighted by molar-refractivity contribution is 6.26. The van der Waals surface area contributed by atoms with Gasteiger partial charge < -0.3 is 25.7 Å². The van der Waals surface area contributed by atoms with Gasteiger partial charge in [0.05, 0.1) is 12.2 Å². The van der Waals surface area contributed by atoms with Gasteiger partial charge in [0, 0.05) is 11.3 Å². The van der Waals surface area contributed by atoms with Crippen LogP contribution in [0.1, 0.15) is 60.3 Å². The van der Waals surface area contributed by atoms with Crippen LogP contribution in [0.3, 0.4) is 0 Å². The molecular formula is C29H43NO6. The van der Waals surface area contributed by atoms with Gasteiger partial charge in [0.15, 0.2) is 6.23 Å². The number of allylic oxidation sites excluding steroid dienone is 5. The first-order chi connectivity index (χ1) is 16.9. The molecule has 0 aromatic rings. The van der Waals surface area contributed by atoms with E-state index in [1.54, 1.807) is 12.2 Å². The summed E-state index contributed by atoms with van der Waals surface area (Å²) in [7, 11) is 0. The van der Waals surface area contributed by atoms with E-state index in [-0.39, 0.29) is 40.9 Å². The molecule has 0 spiro atoms. The summed E-state index contributed by atoms with van der Waals surface area (Å²) < 4.78 is 0. The van der Waals surface area contributed by atoms with Crippen molar-refractivity contribution in [2.45, 2.75) is 78.7 Å². The number of amides is 1. The van der Waals surface area contributed by atoms with Crippen molar-refractivity contribution in [2.75, 3.05) is 0 Å². The molecule has 1 amide bonds. The van der Waals surface area contributed by atoms with E-state index in [9.17, 15) is 30.0 Å². The quantitative estimate of drug-likeness (QED) is 0.114. The number of aliphatic hydroxyl groups excluding tert-OH is 4. The van der Waals surface area contributed by atoms with E-state index in [1.165, 1.54) is 0 Å². The molecule has 0 bridgehead atoms. The van der Waals surface area contributed by atoms with Crippen LogP contribution >= 0.6 is 0 Å². The Hall–Kier alpha value is -2.22. The van der Waals surface area contributed by atoms with Gasteiger partial charge >= 0.3 is 0 Å². The first-order valence-corrected chi connectivity index (χ1v) is 13.3. The maximum atomic E-state index is 12.6. The Kier molecular flexibility index (Phi) is 9.02. The van der Waals surface area contributed by atoms with Crippen molar-refractivity contribution in [2.24, 2.45) is 40.9 Å². The molecule has 0 aromatic heterocycles. The van der Waals surface area contributed by atoms with E-state index < -0.39 is 35.5 Å². The van der Waals surface area contributed by atoms with Gasteiger partial charge in [-0.25, -0.2) is 0 Å². The smallest absolute Gasteiger partial charge is 0.260 e. The molecule has 1 aliphatic heterocycles. The van der Waals surface area contributed by atoms with Crippen LogP contribution in [0.4, 0.5) is 0 Å². The second-order valence-corrected chi connectivity index (χ2v) is 11.4. The standard InChI is InChI=1S/C29H43NO6/c1-6-22(32)17(3)9-7-8-10-21(31)15-20-12-11-19-14-16(2)13-18(4)24(19)29(20,5)26(34)23-25(33)28(36)30-27(23)35/h7-12,16-22,24,28,31-32,34,36H,6,13-15H2,1-5H3,(H,30,35)/b9-7+,10-8+,26-23?. The molecule has 10 atom stereocenters. The third-order valence-corrected chi connectivity index (χ3v) is 8.69. The van der Waals surface area contributed by atoms with E-state index in [4.69, 9.17) is 0 Å². The van der Waals surface area contributed by atoms with Gasteiger partial charge in [-0.1, -0.05) is 71.1 Å². The zero-order valence-corrected chi connectivity index (χ0v) is 22.1. The van der Waals surface area contributed by atoms with Gasteiger partial charge in [-0.2, -0.15) is 0 Å². The first kappa shape index (κ1) is 28.4. The maximum Gasteiger partial charge on any atom is 0.260 e. The highest BCUT2D eigenvalue weighted by Crippen LogP contribution is 2.58. The van der Waals surface area contributed by atoms with Gasteiger partial charge in [0.25, 0.3) is 5.91 Å². The lowest BCUT2D eigenvalue weighted by atomic mass is 9.50. The Bertz CT molecular complexity index is 951. The minimum atomic E-state index is -1.65. The molecule has 2 fully saturated rings. The molecular weight excluding hydrogens is 458 g/mol. The number of carbonyl (C=O) groups is 2. The van der Waals surface area contributed by atoms with E-state index >= 15 is 0 Å². The van der Waals surface area contributed by atoms with Gasteiger partial charge in [-0.15, -0.1) is 0 Å². The van der Waals surface area contributed by atoms with Crippen molar-refractivity contribution in [3.05, 3.63) is 47.8 Å². The van der Waals surface area contributed by atoms with Crippen molar-refractivity contribution in [1.82, 2.24) is 5.32 Å². The zero-order chi connectivity index (χ0) is 26.8. The number of ketones is 1. The summed E-state index contributed by atoms with van der Waals surface area (Å²) in [4.78, 5) is 25.1. The van der Waals surface area contributed by atoms with Crippen LogP contribution in [0.25, 0.3) is 0 Å². The first-order valence-electron chi connectivity index (χ1n) is 13.3. The van der Waals surface area contributed by atoms with E-state index in [2.05, 4.69) is 25.2 Å². The van der Waals surface area contributed by atoms with Crippen LogP contribution in [-0.2, 0) is 9.59 Å². The Morgan fingerprint density at radius 3 is 2.44 bits per heavy atom. The second kappa shape index (κ2) is 11.4. The third kappa shape index (κ3) is 5.53. The molecule has 1 saturated carbocycles. The van der Waals surface area contributed by atoms with Gasteiger partial charge in [-0.05, 0) is 55.3 Å². The molecule has 0 aromatic carbocycles. The fourth-order valence-corrected chi connectivity index (χ4v) is 6.80. The Labute approximate surface area is 214 Å². The molecule has 7 heteroatoms. The molecule has 1 saturated heterocycles. The number of Topliss-reactive ketones (excluding diaryl/α,β-unsaturated/α-hetero) is 1. The predicted octanol–water partition coefficient (Wildman–Crippen LogP) is 3.58. The summed E-state index contributed by atoms with van der Waals surface area (Å²) >= 11 is 0. The molecule has 1 heterocycles. The number of hydrogen-bond donors (Lipinski definition) is 5. The predicted molar refractivity (Wildman–Crippen MR) is 138 cm³/mol. The van der Waals surface area contributed by atoms with E-state index in [1.807, 2.05) is 39.0 Å². The number of fused-ring (bicyclic) bond motifs is 1. The maximum absolute atomic E-state index is 12.6. The van der Waals surface area contributed by atoms with Crippen LogP contribution in [-0.4, -0.2) is 50.6 Å². The highest BCUT2D eigenvalue weighted by Gasteiger charge is 2.55. The lowest BCUT2D eigenvalue weighted by molar-refractivity contribution is -0.123. The van der Waals surface area contributed by atoms with Crippen molar-refractivity contribution < 1.29 is 30.0 Å². The number of nitrogens with one attached hydrogen (secondary N) is 1. The average Bonchev–Trinajstić information content (AvgIpc) is 3.07. The fraction of sp³-hybridized carbons (Fsp3) is 0.655. The normalized spacial score (nSPS) is 38.8. The molecule has 7 nitrogen and oxygen atoms in total.